The number of benzene rings is 2. The molecule has 1 aliphatic rings. The first kappa shape index (κ1) is 29.0. The van der Waals surface area contributed by atoms with Gasteiger partial charge in [-0.15, -0.1) is 0 Å². The van der Waals surface area contributed by atoms with Crippen LogP contribution in [0.25, 0.3) is 17.2 Å². The monoisotopic (exact) mass is 505 g/mol. The summed E-state index contributed by atoms with van der Waals surface area (Å²) in [6.07, 6.45) is 16.3. The van der Waals surface area contributed by atoms with Gasteiger partial charge in [-0.05, 0) is 69.6 Å². The second-order valence-electron chi connectivity index (χ2n) is 11.2. The van der Waals surface area contributed by atoms with Crippen molar-refractivity contribution in [3.63, 3.8) is 0 Å². The second-order valence-corrected chi connectivity index (χ2v) is 11.2. The third-order valence-corrected chi connectivity index (χ3v) is 6.80. The summed E-state index contributed by atoms with van der Waals surface area (Å²) in [4.78, 5) is 14.2. The van der Waals surface area contributed by atoms with Crippen LogP contribution in [0.15, 0.2) is 60.7 Å². The molecule has 0 bridgehead atoms. The molecule has 1 saturated heterocycles. The van der Waals surface area contributed by atoms with Crippen molar-refractivity contribution >= 4 is 12.2 Å². The van der Waals surface area contributed by atoms with E-state index < -0.39 is 5.60 Å². The molecule has 0 N–H and O–H groups in total. The van der Waals surface area contributed by atoms with Crippen LogP contribution < -0.4 is 0 Å². The molecule has 37 heavy (non-hydrogen) atoms. The van der Waals surface area contributed by atoms with E-state index in [0.717, 1.165) is 38.8 Å². The van der Waals surface area contributed by atoms with Gasteiger partial charge in [-0.3, -0.25) is 0 Å². The molecule has 1 heterocycles. The Morgan fingerprint density at radius 2 is 1.54 bits per heavy atom. The number of rotatable bonds is 14. The summed E-state index contributed by atoms with van der Waals surface area (Å²) in [5, 5.41) is 0. The van der Waals surface area contributed by atoms with Gasteiger partial charge in [0.15, 0.2) is 0 Å². The van der Waals surface area contributed by atoms with E-state index in [0.29, 0.717) is 6.61 Å². The van der Waals surface area contributed by atoms with Gasteiger partial charge in [-0.25, -0.2) is 4.79 Å². The molecule has 202 valence electrons. The molecule has 1 aliphatic heterocycles. The fourth-order valence-electron chi connectivity index (χ4n) is 4.78. The van der Waals surface area contributed by atoms with E-state index in [4.69, 9.17) is 9.47 Å². The Kier molecular flexibility index (Phi) is 12.2. The second kappa shape index (κ2) is 15.6. The molecule has 1 atom stereocenters. The topological polar surface area (TPSA) is 38.8 Å². The maximum absolute atomic E-state index is 12.4. The Bertz CT molecular complexity index is 930. The minimum atomic E-state index is -0.447. The van der Waals surface area contributed by atoms with E-state index in [2.05, 4.69) is 66.7 Å². The van der Waals surface area contributed by atoms with Crippen LogP contribution in [0.1, 0.15) is 90.5 Å². The highest BCUT2D eigenvalue weighted by Gasteiger charge is 2.32. The largest absolute Gasteiger partial charge is 0.444 e. The van der Waals surface area contributed by atoms with Crippen molar-refractivity contribution in [2.75, 3.05) is 19.8 Å². The summed E-state index contributed by atoms with van der Waals surface area (Å²) in [6, 6.07) is 19.5. The summed E-state index contributed by atoms with van der Waals surface area (Å²) in [6.45, 7) is 7.94. The van der Waals surface area contributed by atoms with E-state index in [1.807, 2.05) is 25.7 Å². The number of allylic oxidation sites excluding steroid dienone is 1. The molecular weight excluding hydrogens is 458 g/mol. The summed E-state index contributed by atoms with van der Waals surface area (Å²) in [5.41, 5.74) is 3.36. The lowest BCUT2D eigenvalue weighted by molar-refractivity contribution is 0.0103. The zero-order chi connectivity index (χ0) is 26.3. The summed E-state index contributed by atoms with van der Waals surface area (Å²) < 4.78 is 11.4. The van der Waals surface area contributed by atoms with E-state index in [-0.39, 0.29) is 12.1 Å². The normalized spacial score (nSPS) is 16.0. The van der Waals surface area contributed by atoms with Crippen LogP contribution in [0.4, 0.5) is 4.79 Å². The van der Waals surface area contributed by atoms with Crippen LogP contribution >= 0.6 is 0 Å². The van der Waals surface area contributed by atoms with Gasteiger partial charge in [0.1, 0.15) is 5.60 Å². The number of hydrogen-bond acceptors (Lipinski definition) is 3. The van der Waals surface area contributed by atoms with E-state index in [1.54, 1.807) is 0 Å². The highest BCUT2D eigenvalue weighted by molar-refractivity contribution is 5.69. The molecule has 1 amide bonds. The average molecular weight is 506 g/mol. The van der Waals surface area contributed by atoms with Crippen molar-refractivity contribution in [2.24, 2.45) is 0 Å². The number of ether oxygens (including phenoxy) is 2. The van der Waals surface area contributed by atoms with E-state index >= 15 is 0 Å². The molecule has 0 radical (unpaired) electrons. The minimum Gasteiger partial charge on any atom is -0.444 e. The fourth-order valence-corrected chi connectivity index (χ4v) is 4.78. The molecule has 0 aromatic heterocycles. The van der Waals surface area contributed by atoms with Crippen LogP contribution in [0.5, 0.6) is 0 Å². The first-order chi connectivity index (χ1) is 17.9. The number of hydrogen-bond donors (Lipinski definition) is 0. The standard InChI is InChI=1S/C33H47NO3/c1-33(2,3)37-32(35)34-25-16-20-31(34)27-36-26-15-10-8-6-4-5-7-9-12-17-28-21-23-30(24-22-28)29-18-13-11-14-19-29/h11-14,17-19,21-24,31H,4-10,15-16,20,25-27H2,1-3H3/b17-12+/t31-/m0/s1. The molecule has 0 unspecified atom stereocenters. The molecule has 3 rings (SSSR count). The Labute approximate surface area is 225 Å². The number of unbranched alkanes of at least 4 members (excludes halogenated alkanes) is 7. The summed E-state index contributed by atoms with van der Waals surface area (Å²) in [5.74, 6) is 0. The molecule has 4 nitrogen and oxygen atoms in total. The molecule has 2 aromatic rings. The van der Waals surface area contributed by atoms with Gasteiger partial charge in [0.25, 0.3) is 0 Å². The average Bonchev–Trinajstić information content (AvgIpc) is 3.35. The first-order valence-corrected chi connectivity index (χ1v) is 14.3. The quantitative estimate of drug-likeness (QED) is 0.241. The van der Waals surface area contributed by atoms with E-state index in [9.17, 15) is 4.79 Å². The van der Waals surface area contributed by atoms with Crippen LogP contribution in [0.3, 0.4) is 0 Å². The minimum absolute atomic E-state index is 0.164. The van der Waals surface area contributed by atoms with Crippen molar-refractivity contribution < 1.29 is 14.3 Å². The molecule has 0 aliphatic carbocycles. The van der Waals surface area contributed by atoms with Gasteiger partial charge in [-0.1, -0.05) is 98.9 Å². The van der Waals surface area contributed by atoms with Crippen molar-refractivity contribution in [1.29, 1.82) is 0 Å². The lowest BCUT2D eigenvalue weighted by Crippen LogP contribution is -2.41. The Balaban J connectivity index is 1.15. The van der Waals surface area contributed by atoms with Crippen molar-refractivity contribution in [1.82, 2.24) is 4.90 Å². The van der Waals surface area contributed by atoms with E-state index in [1.165, 1.54) is 55.2 Å². The van der Waals surface area contributed by atoms with Gasteiger partial charge in [0.05, 0.1) is 12.6 Å². The van der Waals surface area contributed by atoms with Gasteiger partial charge >= 0.3 is 6.09 Å². The maximum Gasteiger partial charge on any atom is 0.410 e. The number of amides is 1. The maximum atomic E-state index is 12.4. The number of carbonyl (C=O) groups excluding carboxylic acids is 1. The van der Waals surface area contributed by atoms with Crippen LogP contribution in [-0.4, -0.2) is 42.4 Å². The third-order valence-electron chi connectivity index (χ3n) is 6.80. The molecule has 0 saturated carbocycles. The molecule has 2 aromatic carbocycles. The number of carbonyl (C=O) groups is 1. The lowest BCUT2D eigenvalue weighted by atomic mass is 10.0. The van der Waals surface area contributed by atoms with Crippen LogP contribution in [-0.2, 0) is 9.47 Å². The SMILES string of the molecule is CC(C)(C)OC(=O)N1CCC[C@H]1COCCCCCCCCC/C=C/c1ccc(-c2ccccc2)cc1. The van der Waals surface area contributed by atoms with Crippen LogP contribution in [0, 0.1) is 0 Å². The van der Waals surface area contributed by atoms with Crippen molar-refractivity contribution in [3.05, 3.63) is 66.2 Å². The molecule has 1 fully saturated rings. The van der Waals surface area contributed by atoms with Gasteiger partial charge in [0.2, 0.25) is 0 Å². The van der Waals surface area contributed by atoms with Crippen molar-refractivity contribution in [2.45, 2.75) is 96.6 Å². The van der Waals surface area contributed by atoms with Crippen LogP contribution in [0.2, 0.25) is 0 Å². The highest BCUT2D eigenvalue weighted by atomic mass is 16.6. The Morgan fingerprint density at radius 3 is 2.24 bits per heavy atom. The number of likely N-dealkylation sites (tertiary alicyclic amines) is 1. The predicted molar refractivity (Wildman–Crippen MR) is 155 cm³/mol. The zero-order valence-electron chi connectivity index (χ0n) is 23.3. The predicted octanol–water partition coefficient (Wildman–Crippen LogP) is 8.90. The smallest absolute Gasteiger partial charge is 0.410 e. The Morgan fingerprint density at radius 1 is 0.892 bits per heavy atom. The fraction of sp³-hybridized carbons (Fsp3) is 0.545. The summed E-state index contributed by atoms with van der Waals surface area (Å²) in [7, 11) is 0. The zero-order valence-corrected chi connectivity index (χ0v) is 23.3. The van der Waals surface area contributed by atoms with Crippen molar-refractivity contribution in [3.8, 4) is 11.1 Å². The highest BCUT2D eigenvalue weighted by Crippen LogP contribution is 2.22. The van der Waals surface area contributed by atoms with Gasteiger partial charge in [0, 0.05) is 13.2 Å². The summed E-state index contributed by atoms with van der Waals surface area (Å²) >= 11 is 0. The molecule has 4 heteroatoms. The molecular formula is C33H47NO3. The number of nitrogens with zero attached hydrogens (tertiary/aromatic N) is 1. The lowest BCUT2D eigenvalue weighted by Gasteiger charge is -2.28. The van der Waals surface area contributed by atoms with Gasteiger partial charge in [-0.2, -0.15) is 0 Å². The van der Waals surface area contributed by atoms with Gasteiger partial charge < -0.3 is 14.4 Å². The Hall–Kier alpha value is -2.59. The molecule has 0 spiro atoms. The first-order valence-electron chi connectivity index (χ1n) is 14.3. The third kappa shape index (κ3) is 11.1.